The SMILES string of the molecule is CC=C(C)C(C)O. The van der Waals surface area contributed by atoms with Crippen LogP contribution in [-0.4, -0.2) is 11.2 Å². The Labute approximate surface area is 44.7 Å². The highest BCUT2D eigenvalue weighted by molar-refractivity contribution is 5.00. The van der Waals surface area contributed by atoms with Crippen LogP contribution in [-0.2, 0) is 0 Å². The van der Waals surface area contributed by atoms with E-state index >= 15 is 0 Å². The van der Waals surface area contributed by atoms with Crippen molar-refractivity contribution in [2.24, 2.45) is 0 Å². The van der Waals surface area contributed by atoms with E-state index in [1.807, 2.05) is 19.9 Å². The van der Waals surface area contributed by atoms with Gasteiger partial charge in [0.25, 0.3) is 0 Å². The van der Waals surface area contributed by atoms with Crippen LogP contribution in [0.15, 0.2) is 11.6 Å². The molecule has 0 radical (unpaired) electrons. The number of aliphatic hydroxyl groups is 1. The van der Waals surface area contributed by atoms with Gasteiger partial charge in [-0.25, -0.2) is 0 Å². The summed E-state index contributed by atoms with van der Waals surface area (Å²) < 4.78 is 0. The Kier molecular flexibility index (Phi) is 2.68. The molecule has 0 aliphatic carbocycles. The third kappa shape index (κ3) is 2.40. The van der Waals surface area contributed by atoms with Crippen molar-refractivity contribution in [3.8, 4) is 0 Å². The second-order valence-corrected chi connectivity index (χ2v) is 1.71. The molecule has 0 saturated heterocycles. The summed E-state index contributed by atoms with van der Waals surface area (Å²) in [5.74, 6) is 0. The third-order valence-electron chi connectivity index (χ3n) is 1.11. The largest absolute Gasteiger partial charge is 0.389 e. The van der Waals surface area contributed by atoms with E-state index in [0.29, 0.717) is 0 Å². The number of hydrogen-bond acceptors (Lipinski definition) is 1. The predicted molar refractivity (Wildman–Crippen MR) is 31.1 cm³/mol. The zero-order valence-electron chi connectivity index (χ0n) is 5.10. The van der Waals surface area contributed by atoms with Gasteiger partial charge >= 0.3 is 0 Å². The van der Waals surface area contributed by atoms with E-state index in [2.05, 4.69) is 0 Å². The lowest BCUT2D eigenvalue weighted by Gasteiger charge is -1.99. The number of aliphatic hydroxyl groups excluding tert-OH is 1. The zero-order chi connectivity index (χ0) is 5.86. The summed E-state index contributed by atoms with van der Waals surface area (Å²) in [7, 11) is 0. The number of rotatable bonds is 1. The minimum Gasteiger partial charge on any atom is -0.389 e. The van der Waals surface area contributed by atoms with Crippen LogP contribution >= 0.6 is 0 Å². The van der Waals surface area contributed by atoms with Crippen LogP contribution < -0.4 is 0 Å². The topological polar surface area (TPSA) is 20.2 Å². The van der Waals surface area contributed by atoms with E-state index in [1.165, 1.54) is 0 Å². The Bertz CT molecular complexity index is 72.2. The first-order valence-electron chi connectivity index (χ1n) is 2.49. The van der Waals surface area contributed by atoms with Crippen LogP contribution in [0.3, 0.4) is 0 Å². The summed E-state index contributed by atoms with van der Waals surface area (Å²) in [6.07, 6.45) is 1.63. The molecule has 1 unspecified atom stereocenters. The van der Waals surface area contributed by atoms with Gasteiger partial charge in [-0.05, 0) is 26.3 Å². The van der Waals surface area contributed by atoms with E-state index in [0.717, 1.165) is 5.57 Å². The maximum Gasteiger partial charge on any atom is 0.0719 e. The van der Waals surface area contributed by atoms with Crippen molar-refractivity contribution < 1.29 is 5.11 Å². The molecule has 1 atom stereocenters. The molecule has 1 N–H and O–H groups in total. The summed E-state index contributed by atoms with van der Waals surface area (Å²) in [5.41, 5.74) is 1.03. The van der Waals surface area contributed by atoms with Crippen LogP contribution in [0.25, 0.3) is 0 Å². The smallest absolute Gasteiger partial charge is 0.0719 e. The number of hydrogen-bond donors (Lipinski definition) is 1. The fourth-order valence-electron chi connectivity index (χ4n) is 0.241. The van der Waals surface area contributed by atoms with Crippen LogP contribution in [0.4, 0.5) is 0 Å². The van der Waals surface area contributed by atoms with Crippen molar-refractivity contribution in [1.82, 2.24) is 0 Å². The molecule has 0 aromatic heterocycles. The summed E-state index contributed by atoms with van der Waals surface area (Å²) in [6, 6.07) is 0. The second-order valence-electron chi connectivity index (χ2n) is 1.71. The van der Waals surface area contributed by atoms with E-state index in [9.17, 15) is 0 Å². The van der Waals surface area contributed by atoms with Crippen molar-refractivity contribution in [3.05, 3.63) is 11.6 Å². The van der Waals surface area contributed by atoms with Crippen molar-refractivity contribution in [3.63, 3.8) is 0 Å². The van der Waals surface area contributed by atoms with Crippen molar-refractivity contribution in [2.75, 3.05) is 0 Å². The van der Waals surface area contributed by atoms with Gasteiger partial charge in [0.05, 0.1) is 6.10 Å². The van der Waals surface area contributed by atoms with Crippen molar-refractivity contribution in [1.29, 1.82) is 0 Å². The molecule has 0 aromatic carbocycles. The zero-order valence-corrected chi connectivity index (χ0v) is 5.10. The second kappa shape index (κ2) is 2.80. The minimum absolute atomic E-state index is 0.273. The van der Waals surface area contributed by atoms with Crippen LogP contribution in [0, 0.1) is 0 Å². The van der Waals surface area contributed by atoms with Gasteiger partial charge in [-0.2, -0.15) is 0 Å². The van der Waals surface area contributed by atoms with Gasteiger partial charge in [0.1, 0.15) is 0 Å². The first-order valence-corrected chi connectivity index (χ1v) is 2.49. The van der Waals surface area contributed by atoms with Gasteiger partial charge in [-0.15, -0.1) is 0 Å². The molecule has 0 rings (SSSR count). The van der Waals surface area contributed by atoms with Gasteiger partial charge in [0.15, 0.2) is 0 Å². The van der Waals surface area contributed by atoms with Gasteiger partial charge in [0, 0.05) is 0 Å². The average Bonchev–Trinajstić information content (AvgIpc) is 1.65. The molecular formula is C6H12O. The monoisotopic (exact) mass is 100 g/mol. The molecule has 0 amide bonds. The molecule has 0 spiro atoms. The lowest BCUT2D eigenvalue weighted by Crippen LogP contribution is -1.99. The summed E-state index contributed by atoms with van der Waals surface area (Å²) >= 11 is 0. The molecule has 7 heavy (non-hydrogen) atoms. The summed E-state index contributed by atoms with van der Waals surface area (Å²) in [6.45, 7) is 5.59. The molecule has 0 saturated carbocycles. The highest BCUT2D eigenvalue weighted by Gasteiger charge is 1.92. The van der Waals surface area contributed by atoms with E-state index in [4.69, 9.17) is 5.11 Å². The Hall–Kier alpha value is -0.300. The van der Waals surface area contributed by atoms with Crippen molar-refractivity contribution in [2.45, 2.75) is 26.9 Å². The minimum atomic E-state index is -0.273. The first-order chi connectivity index (χ1) is 3.18. The van der Waals surface area contributed by atoms with E-state index < -0.39 is 0 Å². The quantitative estimate of drug-likeness (QED) is 0.493. The van der Waals surface area contributed by atoms with E-state index in [1.54, 1.807) is 6.92 Å². The summed E-state index contributed by atoms with van der Waals surface area (Å²) in [4.78, 5) is 0. The predicted octanol–water partition coefficient (Wildman–Crippen LogP) is 1.33. The first kappa shape index (κ1) is 6.70. The van der Waals surface area contributed by atoms with Gasteiger partial charge in [-0.1, -0.05) is 6.08 Å². The van der Waals surface area contributed by atoms with Gasteiger partial charge < -0.3 is 5.11 Å². The normalized spacial score (nSPS) is 16.9. The van der Waals surface area contributed by atoms with Crippen LogP contribution in [0.5, 0.6) is 0 Å². The Morgan fingerprint density at radius 3 is 2.14 bits per heavy atom. The third-order valence-corrected chi connectivity index (χ3v) is 1.11. The highest BCUT2D eigenvalue weighted by Crippen LogP contribution is 1.96. The van der Waals surface area contributed by atoms with Gasteiger partial charge in [-0.3, -0.25) is 0 Å². The van der Waals surface area contributed by atoms with E-state index in [-0.39, 0.29) is 6.10 Å². The van der Waals surface area contributed by atoms with Gasteiger partial charge in [0.2, 0.25) is 0 Å². The average molecular weight is 100 g/mol. The molecule has 0 heterocycles. The summed E-state index contributed by atoms with van der Waals surface area (Å²) in [5, 5.41) is 8.75. The molecule has 1 nitrogen and oxygen atoms in total. The molecule has 0 aliphatic heterocycles. The lowest BCUT2D eigenvalue weighted by atomic mass is 10.2. The Morgan fingerprint density at radius 1 is 1.71 bits per heavy atom. The number of allylic oxidation sites excluding steroid dienone is 1. The molecule has 0 fully saturated rings. The molecule has 42 valence electrons. The maximum atomic E-state index is 8.75. The Morgan fingerprint density at radius 2 is 2.14 bits per heavy atom. The lowest BCUT2D eigenvalue weighted by molar-refractivity contribution is 0.231. The fourth-order valence-corrected chi connectivity index (χ4v) is 0.241. The van der Waals surface area contributed by atoms with Crippen LogP contribution in [0.1, 0.15) is 20.8 Å². The van der Waals surface area contributed by atoms with Crippen LogP contribution in [0.2, 0.25) is 0 Å². The molecule has 0 aliphatic rings. The molecule has 0 aromatic rings. The highest BCUT2D eigenvalue weighted by atomic mass is 16.3. The molecule has 0 bridgehead atoms. The Balaban J connectivity index is 3.56. The molecular weight excluding hydrogens is 88.1 g/mol. The molecule has 1 heteroatoms. The van der Waals surface area contributed by atoms with Crippen molar-refractivity contribution >= 4 is 0 Å². The standard InChI is InChI=1S/C6H12O/c1-4-5(2)6(3)7/h4,6-7H,1-3H3. The fraction of sp³-hybridized carbons (Fsp3) is 0.667. The maximum absolute atomic E-state index is 8.75.